The topological polar surface area (TPSA) is 23.5 Å². The molecule has 0 aliphatic heterocycles. The van der Waals surface area contributed by atoms with Gasteiger partial charge in [0.2, 0.25) is 0 Å². The van der Waals surface area contributed by atoms with E-state index in [4.69, 9.17) is 0 Å². The van der Waals surface area contributed by atoms with Crippen LogP contribution in [0.5, 0.6) is 0 Å². The Morgan fingerprint density at radius 3 is 2.33 bits per heavy atom. The molecule has 0 amide bonds. The highest BCUT2D eigenvalue weighted by atomic mass is 79.9. The fourth-order valence-corrected chi connectivity index (χ4v) is 2.92. The normalized spacial score (nSPS) is 14.0. The molecule has 0 spiro atoms. The Bertz CT molecular complexity index is 405. The van der Waals surface area contributed by atoms with Gasteiger partial charge in [0.05, 0.1) is 10.0 Å². The summed E-state index contributed by atoms with van der Waals surface area (Å²) >= 11 is 3.16. The summed E-state index contributed by atoms with van der Waals surface area (Å²) in [7, 11) is 3.85. The minimum absolute atomic E-state index is 0.349. The lowest BCUT2D eigenvalue weighted by atomic mass is 9.81. The summed E-state index contributed by atoms with van der Waals surface area (Å²) in [6.45, 7) is 4.03. The Kier molecular flexibility index (Phi) is 5.32. The van der Waals surface area contributed by atoms with E-state index in [9.17, 15) is 9.50 Å². The van der Waals surface area contributed by atoms with Crippen molar-refractivity contribution in [1.29, 1.82) is 0 Å². The smallest absolute Gasteiger partial charge is 0.143 e. The van der Waals surface area contributed by atoms with Gasteiger partial charge in [0.25, 0.3) is 0 Å². The highest BCUT2D eigenvalue weighted by molar-refractivity contribution is 9.10. The molecular formula is C14H21BrFNO. The molecule has 0 radical (unpaired) electrons. The van der Waals surface area contributed by atoms with E-state index in [0.717, 1.165) is 12.8 Å². The number of aliphatic hydroxyl groups is 1. The second-order valence-corrected chi connectivity index (χ2v) is 5.61. The number of aliphatic hydroxyl groups excluding tert-OH is 1. The van der Waals surface area contributed by atoms with E-state index in [1.807, 2.05) is 32.8 Å². The second-order valence-electron chi connectivity index (χ2n) is 4.75. The number of hydrogen-bond donors (Lipinski definition) is 1. The van der Waals surface area contributed by atoms with Gasteiger partial charge in [0, 0.05) is 5.56 Å². The fourth-order valence-electron chi connectivity index (χ4n) is 2.53. The van der Waals surface area contributed by atoms with Crippen molar-refractivity contribution in [3.63, 3.8) is 0 Å². The first-order valence-electron chi connectivity index (χ1n) is 6.20. The molecule has 2 nitrogen and oxygen atoms in total. The molecule has 0 fully saturated rings. The predicted octanol–water partition coefficient (Wildman–Crippen LogP) is 3.74. The van der Waals surface area contributed by atoms with Crippen LogP contribution in [0.2, 0.25) is 0 Å². The van der Waals surface area contributed by atoms with Crippen LogP contribution in [-0.2, 0) is 0 Å². The third-order valence-corrected chi connectivity index (χ3v) is 4.51. The number of hydrogen-bond acceptors (Lipinski definition) is 2. The molecule has 1 N–H and O–H groups in total. The van der Waals surface area contributed by atoms with Crippen LogP contribution in [0.1, 0.15) is 38.4 Å². The average Bonchev–Trinajstić information content (AvgIpc) is 2.34. The van der Waals surface area contributed by atoms with E-state index in [0.29, 0.717) is 10.0 Å². The van der Waals surface area contributed by atoms with E-state index >= 15 is 0 Å². The van der Waals surface area contributed by atoms with Gasteiger partial charge in [-0.1, -0.05) is 26.0 Å². The van der Waals surface area contributed by atoms with Gasteiger partial charge >= 0.3 is 0 Å². The van der Waals surface area contributed by atoms with Gasteiger partial charge < -0.3 is 10.0 Å². The molecule has 1 aromatic rings. The van der Waals surface area contributed by atoms with Crippen LogP contribution in [0.25, 0.3) is 0 Å². The number of halogens is 2. The molecule has 1 atom stereocenters. The number of benzene rings is 1. The average molecular weight is 318 g/mol. The lowest BCUT2D eigenvalue weighted by molar-refractivity contribution is -0.0168. The minimum atomic E-state index is -0.847. The largest absolute Gasteiger partial charge is 0.386 e. The molecule has 0 saturated heterocycles. The zero-order chi connectivity index (χ0) is 13.9. The molecule has 0 bridgehead atoms. The van der Waals surface area contributed by atoms with Gasteiger partial charge in [-0.15, -0.1) is 0 Å². The second kappa shape index (κ2) is 6.13. The van der Waals surface area contributed by atoms with Crippen LogP contribution in [0.3, 0.4) is 0 Å². The third-order valence-electron chi connectivity index (χ3n) is 3.90. The molecule has 4 heteroatoms. The zero-order valence-corrected chi connectivity index (χ0v) is 13.0. The van der Waals surface area contributed by atoms with Crippen LogP contribution in [-0.4, -0.2) is 29.6 Å². The maximum absolute atomic E-state index is 14.1. The molecule has 1 unspecified atom stereocenters. The quantitative estimate of drug-likeness (QED) is 0.894. The summed E-state index contributed by atoms with van der Waals surface area (Å²) in [6.07, 6.45) is 0.660. The summed E-state index contributed by atoms with van der Waals surface area (Å²) in [6, 6.07) is 5.03. The molecule has 1 aromatic carbocycles. The highest BCUT2D eigenvalue weighted by Crippen LogP contribution is 2.38. The number of rotatable bonds is 5. The maximum atomic E-state index is 14.1. The predicted molar refractivity (Wildman–Crippen MR) is 76.1 cm³/mol. The Balaban J connectivity index is 3.26. The molecular weight excluding hydrogens is 297 g/mol. The van der Waals surface area contributed by atoms with Crippen molar-refractivity contribution in [1.82, 2.24) is 4.90 Å². The van der Waals surface area contributed by atoms with E-state index in [2.05, 4.69) is 15.9 Å². The van der Waals surface area contributed by atoms with Gasteiger partial charge in [-0.25, -0.2) is 4.39 Å². The first-order chi connectivity index (χ1) is 8.40. The third kappa shape index (κ3) is 2.60. The molecule has 18 heavy (non-hydrogen) atoms. The van der Waals surface area contributed by atoms with Gasteiger partial charge in [-0.2, -0.15) is 0 Å². The van der Waals surface area contributed by atoms with Crippen LogP contribution in [0.15, 0.2) is 22.7 Å². The van der Waals surface area contributed by atoms with Gasteiger partial charge in [-0.05, 0) is 48.9 Å². The van der Waals surface area contributed by atoms with Crippen molar-refractivity contribution in [2.24, 2.45) is 0 Å². The van der Waals surface area contributed by atoms with Gasteiger partial charge in [-0.3, -0.25) is 0 Å². The van der Waals surface area contributed by atoms with E-state index in [1.54, 1.807) is 18.2 Å². The van der Waals surface area contributed by atoms with Crippen LogP contribution in [0, 0.1) is 5.82 Å². The summed E-state index contributed by atoms with van der Waals surface area (Å²) in [5, 5.41) is 10.6. The maximum Gasteiger partial charge on any atom is 0.143 e. The van der Waals surface area contributed by atoms with Crippen molar-refractivity contribution in [3.8, 4) is 0 Å². The first-order valence-corrected chi connectivity index (χ1v) is 6.99. The van der Waals surface area contributed by atoms with Crippen molar-refractivity contribution in [2.75, 3.05) is 14.1 Å². The standard InChI is InChI=1S/C14H21BrFNO/c1-5-14(6-2,17(3)4)13(18)10-8-7-9-11(15)12(10)16/h7-9,13,18H,5-6H2,1-4H3. The van der Waals surface area contributed by atoms with Crippen LogP contribution >= 0.6 is 15.9 Å². The van der Waals surface area contributed by atoms with Crippen molar-refractivity contribution in [2.45, 2.75) is 38.3 Å². The summed E-state index contributed by atoms with van der Waals surface area (Å²) in [5.41, 5.74) is -0.0940. The zero-order valence-electron chi connectivity index (χ0n) is 11.4. The monoisotopic (exact) mass is 317 g/mol. The highest BCUT2D eigenvalue weighted by Gasteiger charge is 2.39. The summed E-state index contributed by atoms with van der Waals surface area (Å²) < 4.78 is 14.5. The molecule has 0 aromatic heterocycles. The Labute approximate surface area is 117 Å². The Hall–Kier alpha value is -0.450. The molecule has 0 heterocycles. The van der Waals surface area contributed by atoms with E-state index in [-0.39, 0.29) is 5.82 Å². The number of likely N-dealkylation sites (N-methyl/N-ethyl adjacent to an activating group) is 1. The lowest BCUT2D eigenvalue weighted by Gasteiger charge is -2.42. The van der Waals surface area contributed by atoms with Crippen LogP contribution in [0.4, 0.5) is 4.39 Å². The van der Waals surface area contributed by atoms with Gasteiger partial charge in [0.1, 0.15) is 11.9 Å². The lowest BCUT2D eigenvalue weighted by Crippen LogP contribution is -2.48. The molecule has 0 aliphatic rings. The first kappa shape index (κ1) is 15.6. The fraction of sp³-hybridized carbons (Fsp3) is 0.571. The Morgan fingerprint density at radius 1 is 1.33 bits per heavy atom. The van der Waals surface area contributed by atoms with E-state index in [1.165, 1.54) is 0 Å². The summed E-state index contributed by atoms with van der Waals surface area (Å²) in [5.74, 6) is -0.377. The van der Waals surface area contributed by atoms with Crippen molar-refractivity contribution >= 4 is 15.9 Å². The molecule has 102 valence electrons. The SMILES string of the molecule is CCC(CC)(C(O)c1cccc(Br)c1F)N(C)C. The van der Waals surface area contributed by atoms with Crippen molar-refractivity contribution < 1.29 is 9.50 Å². The number of nitrogens with zero attached hydrogens (tertiary/aromatic N) is 1. The molecule has 0 saturated carbocycles. The van der Waals surface area contributed by atoms with Crippen LogP contribution < -0.4 is 0 Å². The van der Waals surface area contributed by atoms with Crippen molar-refractivity contribution in [3.05, 3.63) is 34.1 Å². The summed E-state index contributed by atoms with van der Waals surface area (Å²) in [4.78, 5) is 1.98. The minimum Gasteiger partial charge on any atom is -0.386 e. The molecule has 0 aliphatic carbocycles. The molecule has 1 rings (SSSR count). The van der Waals surface area contributed by atoms with E-state index < -0.39 is 11.6 Å². The van der Waals surface area contributed by atoms with Gasteiger partial charge in [0.15, 0.2) is 0 Å². The Morgan fingerprint density at radius 2 is 1.89 bits per heavy atom.